The average molecular weight is 297 g/mol. The smallest absolute Gasteiger partial charge is 0.255 e. The number of nitrogens with one attached hydrogen (secondary N) is 2. The summed E-state index contributed by atoms with van der Waals surface area (Å²) < 4.78 is 23.1. The molecule has 0 aliphatic carbocycles. The van der Waals surface area contributed by atoms with Crippen LogP contribution in [0.1, 0.15) is 30.1 Å². The molecular formula is C13H19N3O3S. The van der Waals surface area contributed by atoms with E-state index in [0.29, 0.717) is 30.6 Å². The summed E-state index contributed by atoms with van der Waals surface area (Å²) in [6.07, 6.45) is 4.40. The van der Waals surface area contributed by atoms with Crippen LogP contribution < -0.4 is 10.6 Å². The van der Waals surface area contributed by atoms with Crippen LogP contribution >= 0.6 is 0 Å². The summed E-state index contributed by atoms with van der Waals surface area (Å²) >= 11 is 0. The van der Waals surface area contributed by atoms with Crippen molar-refractivity contribution in [3.8, 4) is 0 Å². The summed E-state index contributed by atoms with van der Waals surface area (Å²) in [5.41, 5.74) is 1.15. The van der Waals surface area contributed by atoms with E-state index >= 15 is 0 Å². The van der Waals surface area contributed by atoms with E-state index < -0.39 is 9.84 Å². The number of anilines is 1. The molecule has 0 radical (unpaired) electrons. The molecule has 1 aromatic rings. The lowest BCUT2D eigenvalue weighted by Gasteiger charge is -2.23. The fourth-order valence-electron chi connectivity index (χ4n) is 2.32. The second kappa shape index (κ2) is 6.21. The molecule has 1 amide bonds. The number of carbonyl (C=O) groups is 1. The average Bonchev–Trinajstić information content (AvgIpc) is 2.38. The lowest BCUT2D eigenvalue weighted by atomic mass is 10.1. The maximum absolute atomic E-state index is 12.2. The first kappa shape index (κ1) is 14.8. The second-order valence-electron chi connectivity index (χ2n) is 4.88. The van der Waals surface area contributed by atoms with Crippen molar-refractivity contribution >= 4 is 21.4 Å². The minimum atomic E-state index is -3.03. The van der Waals surface area contributed by atoms with Crippen LogP contribution in [0.3, 0.4) is 0 Å². The zero-order chi connectivity index (χ0) is 14.6. The van der Waals surface area contributed by atoms with Gasteiger partial charge in [-0.05, 0) is 25.8 Å². The van der Waals surface area contributed by atoms with Gasteiger partial charge in [-0.25, -0.2) is 8.42 Å². The molecule has 1 aromatic heterocycles. The van der Waals surface area contributed by atoms with E-state index in [0.717, 1.165) is 0 Å². The highest BCUT2D eigenvalue weighted by Crippen LogP contribution is 2.16. The van der Waals surface area contributed by atoms with Crippen LogP contribution in [0.2, 0.25) is 0 Å². The molecule has 2 rings (SSSR count). The van der Waals surface area contributed by atoms with Gasteiger partial charge in [0.25, 0.3) is 5.91 Å². The van der Waals surface area contributed by atoms with Crippen LogP contribution in [0.5, 0.6) is 0 Å². The monoisotopic (exact) mass is 297 g/mol. The lowest BCUT2D eigenvalue weighted by Crippen LogP contribution is -2.43. The maximum Gasteiger partial charge on any atom is 0.255 e. The first-order chi connectivity index (χ1) is 9.52. The molecular weight excluding hydrogens is 278 g/mol. The molecule has 20 heavy (non-hydrogen) atoms. The molecule has 1 unspecified atom stereocenters. The van der Waals surface area contributed by atoms with E-state index in [1.807, 2.05) is 6.92 Å². The second-order valence-corrected chi connectivity index (χ2v) is 7.11. The molecule has 2 N–H and O–H groups in total. The van der Waals surface area contributed by atoms with Crippen LogP contribution in [0, 0.1) is 0 Å². The highest BCUT2D eigenvalue weighted by atomic mass is 32.2. The molecule has 110 valence electrons. The van der Waals surface area contributed by atoms with Gasteiger partial charge in [-0.1, -0.05) is 0 Å². The summed E-state index contributed by atoms with van der Waals surface area (Å²) in [7, 11) is -3.03. The minimum absolute atomic E-state index is 0.0234. The number of hydrogen-bond donors (Lipinski definition) is 2. The van der Waals surface area contributed by atoms with Crippen molar-refractivity contribution in [1.29, 1.82) is 0 Å². The normalized spacial score (nSPS) is 21.1. The van der Waals surface area contributed by atoms with Gasteiger partial charge >= 0.3 is 0 Å². The molecule has 1 aliphatic rings. The van der Waals surface area contributed by atoms with Crippen molar-refractivity contribution in [1.82, 2.24) is 10.3 Å². The summed E-state index contributed by atoms with van der Waals surface area (Å²) in [6, 6.07) is 1.42. The third-order valence-electron chi connectivity index (χ3n) is 3.23. The van der Waals surface area contributed by atoms with Gasteiger partial charge in [0.15, 0.2) is 9.84 Å². The van der Waals surface area contributed by atoms with Crippen molar-refractivity contribution in [3.05, 3.63) is 24.0 Å². The summed E-state index contributed by atoms with van der Waals surface area (Å²) in [5, 5.41) is 5.88. The number of rotatable bonds is 4. The van der Waals surface area contributed by atoms with E-state index in [9.17, 15) is 13.2 Å². The van der Waals surface area contributed by atoms with E-state index in [-0.39, 0.29) is 23.5 Å². The van der Waals surface area contributed by atoms with Crippen molar-refractivity contribution in [2.45, 2.75) is 25.8 Å². The first-order valence-corrected chi connectivity index (χ1v) is 8.53. The highest BCUT2D eigenvalue weighted by Gasteiger charge is 2.26. The van der Waals surface area contributed by atoms with Gasteiger partial charge in [-0.2, -0.15) is 0 Å². The summed E-state index contributed by atoms with van der Waals surface area (Å²) in [5.74, 6) is -0.0408. The number of hydrogen-bond acceptors (Lipinski definition) is 5. The van der Waals surface area contributed by atoms with Gasteiger partial charge in [0.2, 0.25) is 0 Å². The predicted molar refractivity (Wildman–Crippen MR) is 77.5 cm³/mol. The molecule has 0 bridgehead atoms. The van der Waals surface area contributed by atoms with Gasteiger partial charge in [0.05, 0.1) is 22.8 Å². The fourth-order valence-corrected chi connectivity index (χ4v) is 3.96. The number of nitrogens with zero attached hydrogens (tertiary/aromatic N) is 1. The van der Waals surface area contributed by atoms with E-state index in [1.54, 1.807) is 12.3 Å². The molecule has 1 aliphatic heterocycles. The highest BCUT2D eigenvalue weighted by molar-refractivity contribution is 7.91. The number of pyridine rings is 1. The molecule has 1 fully saturated rings. The number of carbonyl (C=O) groups excluding carboxylic acids is 1. The lowest BCUT2D eigenvalue weighted by molar-refractivity contribution is 0.0939. The van der Waals surface area contributed by atoms with Gasteiger partial charge < -0.3 is 10.6 Å². The number of aromatic nitrogens is 1. The summed E-state index contributed by atoms with van der Waals surface area (Å²) in [6.45, 7) is 2.64. The third kappa shape index (κ3) is 3.69. The van der Waals surface area contributed by atoms with Crippen molar-refractivity contribution < 1.29 is 13.2 Å². The van der Waals surface area contributed by atoms with Gasteiger partial charge in [0.1, 0.15) is 0 Å². The van der Waals surface area contributed by atoms with Crippen LogP contribution in [0.15, 0.2) is 18.5 Å². The van der Waals surface area contributed by atoms with Crippen molar-refractivity contribution in [2.24, 2.45) is 0 Å². The van der Waals surface area contributed by atoms with Gasteiger partial charge in [0, 0.05) is 25.0 Å². The SMILES string of the molecule is CCNc1ccncc1C(=O)NC1CCCS(=O)(=O)C1. The Balaban J connectivity index is 2.08. The van der Waals surface area contributed by atoms with Crippen LogP contribution in [-0.4, -0.2) is 43.4 Å². The molecule has 0 spiro atoms. The van der Waals surface area contributed by atoms with Crippen LogP contribution in [0.4, 0.5) is 5.69 Å². The summed E-state index contributed by atoms with van der Waals surface area (Å²) in [4.78, 5) is 16.2. The van der Waals surface area contributed by atoms with Crippen molar-refractivity contribution in [2.75, 3.05) is 23.4 Å². The van der Waals surface area contributed by atoms with E-state index in [2.05, 4.69) is 15.6 Å². The zero-order valence-corrected chi connectivity index (χ0v) is 12.2. The molecule has 0 aromatic carbocycles. The minimum Gasteiger partial charge on any atom is -0.385 e. The van der Waals surface area contributed by atoms with Gasteiger partial charge in [-0.15, -0.1) is 0 Å². The molecule has 2 heterocycles. The zero-order valence-electron chi connectivity index (χ0n) is 11.4. The maximum atomic E-state index is 12.2. The molecule has 1 atom stereocenters. The number of sulfone groups is 1. The molecule has 0 saturated carbocycles. The Bertz CT molecular complexity index is 586. The topological polar surface area (TPSA) is 88.2 Å². The van der Waals surface area contributed by atoms with Crippen LogP contribution in [-0.2, 0) is 9.84 Å². The quantitative estimate of drug-likeness (QED) is 0.859. The Labute approximate surface area is 118 Å². The predicted octanol–water partition coefficient (Wildman–Crippen LogP) is 0.820. The Morgan fingerprint density at radius 2 is 2.30 bits per heavy atom. The molecule has 7 heteroatoms. The van der Waals surface area contributed by atoms with Crippen LogP contribution in [0.25, 0.3) is 0 Å². The fraction of sp³-hybridized carbons (Fsp3) is 0.538. The molecule has 6 nitrogen and oxygen atoms in total. The van der Waals surface area contributed by atoms with Gasteiger partial charge in [-0.3, -0.25) is 9.78 Å². The Hall–Kier alpha value is -1.63. The number of amides is 1. The Morgan fingerprint density at radius 1 is 1.50 bits per heavy atom. The van der Waals surface area contributed by atoms with E-state index in [1.165, 1.54) is 6.20 Å². The van der Waals surface area contributed by atoms with E-state index in [4.69, 9.17) is 0 Å². The standard InChI is InChI=1S/C13H19N3O3S/c1-2-15-12-5-6-14-8-11(12)13(17)16-10-4-3-7-20(18,19)9-10/h5-6,8,10H,2-4,7,9H2,1H3,(H,14,15)(H,16,17). The van der Waals surface area contributed by atoms with Crippen molar-refractivity contribution in [3.63, 3.8) is 0 Å². The third-order valence-corrected chi connectivity index (χ3v) is 5.05. The Kier molecular flexibility index (Phi) is 4.59. The molecule has 1 saturated heterocycles. The largest absolute Gasteiger partial charge is 0.385 e. The Morgan fingerprint density at radius 3 is 3.00 bits per heavy atom. The first-order valence-electron chi connectivity index (χ1n) is 6.71.